The first-order valence-electron chi connectivity index (χ1n) is 8.11. The minimum Gasteiger partial charge on any atom is -0.350 e. The van der Waals surface area contributed by atoms with Crippen molar-refractivity contribution in [2.45, 2.75) is 6.54 Å². The summed E-state index contributed by atoms with van der Waals surface area (Å²) in [6.45, 7) is 0.390. The van der Waals surface area contributed by atoms with Crippen LogP contribution in [0.3, 0.4) is 0 Å². The van der Waals surface area contributed by atoms with Gasteiger partial charge in [-0.05, 0) is 23.8 Å². The smallest absolute Gasteiger partial charge is 0.270 e. The summed E-state index contributed by atoms with van der Waals surface area (Å²) < 4.78 is 1.96. The zero-order chi connectivity index (χ0) is 17.9. The average molecular weight is 344 g/mol. The predicted octanol–water partition coefficient (Wildman–Crippen LogP) is 2.36. The Morgan fingerprint density at radius 1 is 1.15 bits per heavy atom. The minimum atomic E-state index is -0.233. The molecule has 26 heavy (non-hydrogen) atoms. The molecule has 0 aliphatic carbocycles. The molecule has 0 bridgehead atoms. The fourth-order valence-electron chi connectivity index (χ4n) is 2.79. The van der Waals surface area contributed by atoms with Crippen molar-refractivity contribution in [3.8, 4) is 11.3 Å². The molecule has 0 radical (unpaired) electrons. The lowest BCUT2D eigenvalue weighted by atomic mass is 10.1. The first-order valence-corrected chi connectivity index (χ1v) is 8.11. The molecule has 4 heterocycles. The van der Waals surface area contributed by atoms with Crippen LogP contribution in [0.4, 0.5) is 0 Å². The summed E-state index contributed by atoms with van der Waals surface area (Å²) in [4.78, 5) is 29.5. The highest BCUT2D eigenvalue weighted by molar-refractivity contribution is 6.05. The number of pyridine rings is 2. The number of nitrogens with zero attached hydrogens (tertiary/aromatic N) is 5. The molecule has 4 rings (SSSR count). The van der Waals surface area contributed by atoms with Crippen molar-refractivity contribution in [1.82, 2.24) is 29.8 Å². The van der Waals surface area contributed by atoms with E-state index in [4.69, 9.17) is 0 Å². The van der Waals surface area contributed by atoms with E-state index < -0.39 is 0 Å². The Morgan fingerprint density at radius 3 is 2.77 bits per heavy atom. The highest BCUT2D eigenvalue weighted by Crippen LogP contribution is 2.24. The molecule has 0 aliphatic heterocycles. The van der Waals surface area contributed by atoms with E-state index in [0.717, 1.165) is 22.0 Å². The van der Waals surface area contributed by atoms with E-state index >= 15 is 0 Å². The number of nitrogens with one attached hydrogen (secondary N) is 1. The summed E-state index contributed by atoms with van der Waals surface area (Å²) in [6.07, 6.45) is 10.2. The fraction of sp³-hybridized carbons (Fsp3) is 0.105. The van der Waals surface area contributed by atoms with Gasteiger partial charge in [-0.2, -0.15) is 0 Å². The highest BCUT2D eigenvalue weighted by atomic mass is 16.1. The first-order chi connectivity index (χ1) is 12.7. The minimum absolute atomic E-state index is 0.233. The van der Waals surface area contributed by atoms with Gasteiger partial charge >= 0.3 is 0 Å². The number of rotatable bonds is 4. The molecule has 1 amide bonds. The largest absolute Gasteiger partial charge is 0.350 e. The van der Waals surface area contributed by atoms with Crippen molar-refractivity contribution in [2.24, 2.45) is 7.05 Å². The number of fused-ring (bicyclic) bond motifs is 1. The van der Waals surface area contributed by atoms with Crippen molar-refractivity contribution in [3.05, 3.63) is 72.8 Å². The van der Waals surface area contributed by atoms with Gasteiger partial charge in [-0.1, -0.05) is 6.07 Å². The summed E-state index contributed by atoms with van der Waals surface area (Å²) in [5.74, 6) is -0.233. The van der Waals surface area contributed by atoms with Crippen LogP contribution in [0.2, 0.25) is 0 Å². The summed E-state index contributed by atoms with van der Waals surface area (Å²) in [5.41, 5.74) is 3.65. The summed E-state index contributed by atoms with van der Waals surface area (Å²) in [5, 5.41) is 3.72. The number of hydrogen-bond acceptors (Lipinski definition) is 5. The van der Waals surface area contributed by atoms with Crippen molar-refractivity contribution in [1.29, 1.82) is 0 Å². The second kappa shape index (κ2) is 6.72. The fourth-order valence-corrected chi connectivity index (χ4v) is 2.79. The van der Waals surface area contributed by atoms with E-state index in [1.807, 2.05) is 42.1 Å². The monoisotopic (exact) mass is 344 g/mol. The lowest BCUT2D eigenvalue weighted by Gasteiger charge is -2.09. The summed E-state index contributed by atoms with van der Waals surface area (Å²) in [6, 6.07) is 7.58. The van der Waals surface area contributed by atoms with Gasteiger partial charge in [0, 0.05) is 55.5 Å². The molecule has 0 unspecified atom stereocenters. The van der Waals surface area contributed by atoms with Crippen LogP contribution in [0.1, 0.15) is 16.1 Å². The maximum Gasteiger partial charge on any atom is 0.270 e. The third-order valence-electron chi connectivity index (χ3n) is 4.13. The van der Waals surface area contributed by atoms with Gasteiger partial charge in [0.15, 0.2) is 0 Å². The number of aromatic nitrogens is 5. The zero-order valence-electron chi connectivity index (χ0n) is 14.1. The van der Waals surface area contributed by atoms with Gasteiger partial charge in [0.1, 0.15) is 12.0 Å². The Balaban J connectivity index is 1.72. The maximum absolute atomic E-state index is 12.8. The molecule has 0 aromatic carbocycles. The Bertz CT molecular complexity index is 1060. The maximum atomic E-state index is 12.8. The van der Waals surface area contributed by atoms with Crippen LogP contribution in [-0.4, -0.2) is 30.4 Å². The topological polar surface area (TPSA) is 85.6 Å². The zero-order valence-corrected chi connectivity index (χ0v) is 14.1. The van der Waals surface area contributed by atoms with Crippen LogP contribution in [0.25, 0.3) is 22.2 Å². The number of aryl methyl sites for hydroxylation is 1. The quantitative estimate of drug-likeness (QED) is 0.614. The molecule has 4 aromatic rings. The van der Waals surface area contributed by atoms with E-state index in [0.29, 0.717) is 17.9 Å². The van der Waals surface area contributed by atoms with Gasteiger partial charge in [-0.15, -0.1) is 0 Å². The van der Waals surface area contributed by atoms with Crippen molar-refractivity contribution in [3.63, 3.8) is 0 Å². The van der Waals surface area contributed by atoms with Gasteiger partial charge in [0.25, 0.3) is 5.91 Å². The van der Waals surface area contributed by atoms with Crippen LogP contribution in [-0.2, 0) is 13.6 Å². The molecular weight excluding hydrogens is 328 g/mol. The summed E-state index contributed by atoms with van der Waals surface area (Å²) >= 11 is 0. The molecule has 0 atom stereocenters. The first kappa shape index (κ1) is 15.9. The summed E-state index contributed by atoms with van der Waals surface area (Å²) in [7, 11) is 1.94. The van der Waals surface area contributed by atoms with E-state index in [1.54, 1.807) is 24.8 Å². The van der Waals surface area contributed by atoms with Crippen LogP contribution >= 0.6 is 0 Å². The SMILES string of the molecule is Cn1ccc2c(C(=O)NCc3cccnc3)nc(-c3cncnc3)cc21. The predicted molar refractivity (Wildman–Crippen MR) is 97.1 cm³/mol. The molecule has 0 fully saturated rings. The van der Waals surface area contributed by atoms with Gasteiger partial charge in [0.05, 0.1) is 11.2 Å². The highest BCUT2D eigenvalue weighted by Gasteiger charge is 2.16. The molecule has 0 spiro atoms. The Morgan fingerprint density at radius 2 is 2.00 bits per heavy atom. The van der Waals surface area contributed by atoms with Gasteiger partial charge in [-0.25, -0.2) is 15.0 Å². The number of hydrogen-bond donors (Lipinski definition) is 1. The number of carbonyl (C=O) groups is 1. The molecule has 0 aliphatic rings. The normalized spacial score (nSPS) is 10.8. The van der Waals surface area contributed by atoms with Crippen molar-refractivity contribution in [2.75, 3.05) is 0 Å². The molecule has 7 nitrogen and oxygen atoms in total. The molecular formula is C19H16N6O. The van der Waals surface area contributed by atoms with Crippen molar-refractivity contribution < 1.29 is 4.79 Å². The van der Waals surface area contributed by atoms with Crippen molar-refractivity contribution >= 4 is 16.8 Å². The third-order valence-corrected chi connectivity index (χ3v) is 4.13. The second-order valence-electron chi connectivity index (χ2n) is 5.89. The van der Waals surface area contributed by atoms with Gasteiger partial charge in [0.2, 0.25) is 0 Å². The van der Waals surface area contributed by atoms with Crippen LogP contribution < -0.4 is 5.32 Å². The van der Waals surface area contributed by atoms with Crippen LogP contribution in [0.15, 0.2) is 61.6 Å². The van der Waals surface area contributed by atoms with E-state index in [1.165, 1.54) is 6.33 Å². The van der Waals surface area contributed by atoms with E-state index in [9.17, 15) is 4.79 Å². The average Bonchev–Trinajstić information content (AvgIpc) is 3.08. The Labute approximate surface area is 149 Å². The molecule has 0 saturated carbocycles. The second-order valence-corrected chi connectivity index (χ2v) is 5.89. The standard InChI is InChI=1S/C19H16N6O/c1-25-6-4-15-17(25)7-16(14-10-21-12-22-11-14)24-18(15)19(26)23-9-13-3-2-5-20-8-13/h2-8,10-12H,9H2,1H3,(H,23,26). The third kappa shape index (κ3) is 3.02. The molecule has 4 aromatic heterocycles. The lowest BCUT2D eigenvalue weighted by molar-refractivity contribution is 0.0948. The number of amides is 1. The van der Waals surface area contributed by atoms with Crippen LogP contribution in [0.5, 0.6) is 0 Å². The van der Waals surface area contributed by atoms with E-state index in [2.05, 4.69) is 25.3 Å². The van der Waals surface area contributed by atoms with Crippen LogP contribution in [0, 0.1) is 0 Å². The van der Waals surface area contributed by atoms with Gasteiger partial charge < -0.3 is 9.88 Å². The lowest BCUT2D eigenvalue weighted by Crippen LogP contribution is -2.24. The molecule has 7 heteroatoms. The molecule has 1 N–H and O–H groups in total. The Kier molecular flexibility index (Phi) is 4.10. The molecule has 0 saturated heterocycles. The van der Waals surface area contributed by atoms with Gasteiger partial charge in [-0.3, -0.25) is 9.78 Å². The number of carbonyl (C=O) groups excluding carboxylic acids is 1. The van der Waals surface area contributed by atoms with E-state index in [-0.39, 0.29) is 5.91 Å². The molecule has 128 valence electrons. The Hall–Kier alpha value is -3.61.